The monoisotopic (exact) mass is 370 g/mol. The highest BCUT2D eigenvalue weighted by Gasteiger charge is 2.26. The summed E-state index contributed by atoms with van der Waals surface area (Å²) < 4.78 is 5.88. The molecule has 1 atom stereocenters. The van der Waals surface area contributed by atoms with Gasteiger partial charge in [-0.2, -0.15) is 0 Å². The maximum atomic E-state index is 12.7. The minimum absolute atomic E-state index is 0.0608. The van der Waals surface area contributed by atoms with Gasteiger partial charge in [-0.15, -0.1) is 0 Å². The van der Waals surface area contributed by atoms with E-state index in [1.807, 2.05) is 0 Å². The SMILES string of the molecule is NC(=O)c1cc(OC2CCCN(C(=O)c3ccc([N+](=O)[O-])cc3)C2)ccn1. The van der Waals surface area contributed by atoms with Crippen molar-refractivity contribution in [3.8, 4) is 5.75 Å². The summed E-state index contributed by atoms with van der Waals surface area (Å²) in [4.78, 5) is 39.6. The van der Waals surface area contributed by atoms with Crippen molar-refractivity contribution in [3.05, 3.63) is 64.0 Å². The van der Waals surface area contributed by atoms with Crippen molar-refractivity contribution >= 4 is 17.5 Å². The number of piperidine rings is 1. The highest BCUT2D eigenvalue weighted by atomic mass is 16.6. The Balaban J connectivity index is 1.66. The number of hydrogen-bond acceptors (Lipinski definition) is 6. The van der Waals surface area contributed by atoms with Crippen LogP contribution >= 0.6 is 0 Å². The van der Waals surface area contributed by atoms with Gasteiger partial charge in [0.25, 0.3) is 17.5 Å². The molecule has 0 saturated carbocycles. The molecular formula is C18H18N4O5. The van der Waals surface area contributed by atoms with Gasteiger partial charge < -0.3 is 15.4 Å². The standard InChI is InChI=1S/C18H18N4O5/c19-17(23)16-10-14(7-8-20-16)27-15-2-1-9-21(11-15)18(24)12-3-5-13(6-4-12)22(25)26/h3-8,10,15H,1-2,9,11H2,(H2,19,23). The molecule has 9 nitrogen and oxygen atoms in total. The van der Waals surface area contributed by atoms with Crippen LogP contribution in [0.1, 0.15) is 33.7 Å². The zero-order valence-corrected chi connectivity index (χ0v) is 14.4. The molecule has 1 aromatic heterocycles. The Hall–Kier alpha value is -3.49. The number of hydrogen-bond donors (Lipinski definition) is 1. The molecule has 0 bridgehead atoms. The number of benzene rings is 1. The van der Waals surface area contributed by atoms with Crippen LogP contribution in [0.15, 0.2) is 42.6 Å². The summed E-state index contributed by atoms with van der Waals surface area (Å²) >= 11 is 0. The van der Waals surface area contributed by atoms with Crippen LogP contribution in [0.25, 0.3) is 0 Å². The average Bonchev–Trinajstić information content (AvgIpc) is 2.68. The topological polar surface area (TPSA) is 129 Å². The summed E-state index contributed by atoms with van der Waals surface area (Å²) in [6, 6.07) is 8.63. The van der Waals surface area contributed by atoms with Gasteiger partial charge in [0, 0.05) is 36.5 Å². The van der Waals surface area contributed by atoms with Crippen LogP contribution in [0.2, 0.25) is 0 Å². The number of rotatable bonds is 5. The predicted molar refractivity (Wildman–Crippen MR) is 95.4 cm³/mol. The molecule has 2 heterocycles. The Morgan fingerprint density at radius 3 is 2.67 bits per heavy atom. The van der Waals surface area contributed by atoms with Crippen LogP contribution in [-0.4, -0.2) is 45.8 Å². The van der Waals surface area contributed by atoms with Crippen LogP contribution in [0.3, 0.4) is 0 Å². The first kappa shape index (κ1) is 18.3. The van der Waals surface area contributed by atoms with Crippen LogP contribution in [0.4, 0.5) is 5.69 Å². The smallest absolute Gasteiger partial charge is 0.269 e. The second-order valence-corrected chi connectivity index (χ2v) is 6.18. The van der Waals surface area contributed by atoms with Gasteiger partial charge in [-0.3, -0.25) is 24.7 Å². The molecule has 1 aliphatic rings. The minimum atomic E-state index is -0.640. The fourth-order valence-corrected chi connectivity index (χ4v) is 2.94. The zero-order chi connectivity index (χ0) is 19.4. The summed E-state index contributed by atoms with van der Waals surface area (Å²) in [6.07, 6.45) is 2.73. The molecule has 0 spiro atoms. The molecule has 1 unspecified atom stereocenters. The van der Waals surface area contributed by atoms with Crippen LogP contribution < -0.4 is 10.5 Å². The lowest BCUT2D eigenvalue weighted by atomic mass is 10.1. The van der Waals surface area contributed by atoms with Crippen LogP contribution in [-0.2, 0) is 0 Å². The number of nitro benzene ring substituents is 1. The maximum Gasteiger partial charge on any atom is 0.269 e. The molecule has 1 fully saturated rings. The first-order valence-electron chi connectivity index (χ1n) is 8.40. The number of carbonyl (C=O) groups excluding carboxylic acids is 2. The van der Waals surface area contributed by atoms with Gasteiger partial charge in [-0.1, -0.05) is 0 Å². The molecule has 0 aliphatic carbocycles. The lowest BCUT2D eigenvalue weighted by Crippen LogP contribution is -2.44. The molecular weight excluding hydrogens is 352 g/mol. The molecule has 1 aliphatic heterocycles. The number of amides is 2. The first-order chi connectivity index (χ1) is 12.9. The second kappa shape index (κ2) is 7.81. The molecule has 27 heavy (non-hydrogen) atoms. The minimum Gasteiger partial charge on any atom is -0.488 e. The molecule has 3 rings (SSSR count). The van der Waals surface area contributed by atoms with E-state index in [9.17, 15) is 19.7 Å². The lowest BCUT2D eigenvalue weighted by molar-refractivity contribution is -0.384. The second-order valence-electron chi connectivity index (χ2n) is 6.18. The fourth-order valence-electron chi connectivity index (χ4n) is 2.94. The number of nitrogens with zero attached hydrogens (tertiary/aromatic N) is 3. The van der Waals surface area contributed by atoms with Gasteiger partial charge >= 0.3 is 0 Å². The number of primary amides is 1. The molecule has 140 valence electrons. The van der Waals surface area contributed by atoms with Crippen molar-refractivity contribution < 1.29 is 19.2 Å². The number of aromatic nitrogens is 1. The van der Waals surface area contributed by atoms with E-state index in [1.54, 1.807) is 11.0 Å². The Morgan fingerprint density at radius 1 is 1.26 bits per heavy atom. The summed E-state index contributed by atoms with van der Waals surface area (Å²) in [6.45, 7) is 0.961. The Kier molecular flexibility index (Phi) is 5.30. The average molecular weight is 370 g/mol. The number of likely N-dealkylation sites (tertiary alicyclic amines) is 1. The van der Waals surface area contributed by atoms with E-state index >= 15 is 0 Å². The van der Waals surface area contributed by atoms with Crippen molar-refractivity contribution in [1.82, 2.24) is 9.88 Å². The molecule has 0 radical (unpaired) electrons. The van der Waals surface area contributed by atoms with E-state index in [1.165, 1.54) is 36.5 Å². The van der Waals surface area contributed by atoms with Gasteiger partial charge in [0.1, 0.15) is 17.5 Å². The Labute approximate surface area is 154 Å². The van der Waals surface area contributed by atoms with E-state index in [0.717, 1.165) is 12.8 Å². The number of non-ortho nitro benzene ring substituents is 1. The number of carbonyl (C=O) groups is 2. The van der Waals surface area contributed by atoms with E-state index in [0.29, 0.717) is 24.4 Å². The van der Waals surface area contributed by atoms with Gasteiger partial charge in [-0.05, 0) is 31.0 Å². The van der Waals surface area contributed by atoms with Crippen LogP contribution in [0, 0.1) is 10.1 Å². The lowest BCUT2D eigenvalue weighted by Gasteiger charge is -2.33. The third-order valence-electron chi connectivity index (χ3n) is 4.28. The summed E-state index contributed by atoms with van der Waals surface area (Å²) in [5.74, 6) is -0.377. The van der Waals surface area contributed by atoms with E-state index < -0.39 is 10.8 Å². The van der Waals surface area contributed by atoms with E-state index in [-0.39, 0.29) is 23.4 Å². The number of nitro groups is 1. The zero-order valence-electron chi connectivity index (χ0n) is 14.4. The highest BCUT2D eigenvalue weighted by molar-refractivity contribution is 5.94. The number of pyridine rings is 1. The van der Waals surface area contributed by atoms with Crippen molar-refractivity contribution in [2.24, 2.45) is 5.73 Å². The molecule has 2 N–H and O–H groups in total. The van der Waals surface area contributed by atoms with Gasteiger partial charge in [0.2, 0.25) is 0 Å². The third-order valence-corrected chi connectivity index (χ3v) is 4.28. The Bertz CT molecular complexity index is 868. The van der Waals surface area contributed by atoms with Gasteiger partial charge in [0.05, 0.1) is 11.5 Å². The van der Waals surface area contributed by atoms with Crippen molar-refractivity contribution in [2.45, 2.75) is 18.9 Å². The van der Waals surface area contributed by atoms with Crippen molar-refractivity contribution in [1.29, 1.82) is 0 Å². The van der Waals surface area contributed by atoms with Crippen molar-refractivity contribution in [2.75, 3.05) is 13.1 Å². The van der Waals surface area contributed by atoms with E-state index in [2.05, 4.69) is 4.98 Å². The molecule has 1 saturated heterocycles. The van der Waals surface area contributed by atoms with Crippen molar-refractivity contribution in [3.63, 3.8) is 0 Å². The third kappa shape index (κ3) is 4.38. The summed E-state index contributed by atoms with van der Waals surface area (Å²) in [5, 5.41) is 10.7. The van der Waals surface area contributed by atoms with E-state index in [4.69, 9.17) is 10.5 Å². The predicted octanol–water partition coefficient (Wildman–Crippen LogP) is 1.77. The highest BCUT2D eigenvalue weighted by Crippen LogP contribution is 2.21. The first-order valence-corrected chi connectivity index (χ1v) is 8.40. The summed E-state index contributed by atoms with van der Waals surface area (Å²) in [7, 11) is 0. The van der Waals surface area contributed by atoms with Gasteiger partial charge in [0.15, 0.2) is 0 Å². The van der Waals surface area contributed by atoms with Crippen LogP contribution in [0.5, 0.6) is 5.75 Å². The Morgan fingerprint density at radius 2 is 2.00 bits per heavy atom. The largest absolute Gasteiger partial charge is 0.488 e. The normalized spacial score (nSPS) is 16.6. The number of ether oxygens (including phenoxy) is 1. The van der Waals surface area contributed by atoms with Gasteiger partial charge in [-0.25, -0.2) is 0 Å². The molecule has 2 amide bonds. The quantitative estimate of drug-likeness (QED) is 0.631. The molecule has 2 aromatic rings. The summed E-state index contributed by atoms with van der Waals surface area (Å²) in [5.41, 5.74) is 5.66. The fraction of sp³-hybridized carbons (Fsp3) is 0.278. The maximum absolute atomic E-state index is 12.7. The number of nitrogens with two attached hydrogens (primary N) is 1. The molecule has 1 aromatic carbocycles. The molecule has 9 heteroatoms.